The number of hydrogen-bond donors (Lipinski definition) is 1. The van der Waals surface area contributed by atoms with E-state index in [1.165, 1.54) is 0 Å². The van der Waals surface area contributed by atoms with Crippen LogP contribution in [0.4, 0.5) is 0 Å². The van der Waals surface area contributed by atoms with Gasteiger partial charge in [0.15, 0.2) is 5.60 Å². The Morgan fingerprint density at radius 3 is 2.12 bits per heavy atom. The molecule has 0 aromatic rings. The van der Waals surface area contributed by atoms with Gasteiger partial charge in [-0.15, -0.1) is 0 Å². The fraction of sp³-hybridized carbons (Fsp3) is 0.917. The Bertz CT molecular complexity index is 225. The number of hydrogen-bond acceptors (Lipinski definition) is 3. The maximum absolute atomic E-state index is 10.9. The second kappa shape index (κ2) is 6.21. The molecule has 0 aliphatic rings. The van der Waals surface area contributed by atoms with E-state index in [1.807, 2.05) is 20.8 Å². The van der Waals surface area contributed by atoms with Gasteiger partial charge in [-0.2, -0.15) is 0 Å². The molecular weight excluding hydrogens is 208 g/mol. The Hall–Kier alpha value is -0.610. The quantitative estimate of drug-likeness (QED) is 0.698. The molecule has 4 heteroatoms. The highest BCUT2D eigenvalue weighted by Gasteiger charge is 2.32. The zero-order valence-electron chi connectivity index (χ0n) is 11.0. The summed E-state index contributed by atoms with van der Waals surface area (Å²) in [6.07, 6.45) is 1.74. The van der Waals surface area contributed by atoms with Crippen LogP contribution in [0, 0.1) is 0 Å². The molecule has 0 aromatic carbocycles. The van der Waals surface area contributed by atoms with Crippen LogP contribution in [0.5, 0.6) is 0 Å². The van der Waals surface area contributed by atoms with Crippen molar-refractivity contribution in [3.05, 3.63) is 0 Å². The molecule has 0 saturated heterocycles. The van der Waals surface area contributed by atoms with E-state index in [0.29, 0.717) is 13.2 Å². The predicted octanol–water partition coefficient (Wildman–Crippen LogP) is 2.46. The third-order valence-electron chi connectivity index (χ3n) is 2.66. The fourth-order valence-corrected chi connectivity index (χ4v) is 0.989. The van der Waals surface area contributed by atoms with Crippen LogP contribution in [-0.2, 0) is 14.3 Å². The SMILES string of the molecule is CCCOC(C)(CC)COC(C)(C)C(=O)O. The van der Waals surface area contributed by atoms with Gasteiger partial charge in [-0.25, -0.2) is 4.79 Å². The minimum absolute atomic E-state index is 0.294. The number of aliphatic carboxylic acids is 1. The highest BCUT2D eigenvalue weighted by atomic mass is 16.6. The number of carboxylic acids is 1. The summed E-state index contributed by atoms with van der Waals surface area (Å²) in [5, 5.41) is 8.92. The van der Waals surface area contributed by atoms with Crippen LogP contribution in [0.1, 0.15) is 47.5 Å². The van der Waals surface area contributed by atoms with E-state index in [4.69, 9.17) is 14.6 Å². The zero-order chi connectivity index (χ0) is 12.8. The number of ether oxygens (including phenoxy) is 2. The summed E-state index contributed by atoms with van der Waals surface area (Å²) in [5.74, 6) is -0.957. The Morgan fingerprint density at radius 2 is 1.75 bits per heavy atom. The van der Waals surface area contributed by atoms with Gasteiger partial charge in [-0.3, -0.25) is 0 Å². The van der Waals surface area contributed by atoms with Gasteiger partial charge in [0.25, 0.3) is 0 Å². The number of carboxylic acid groups (broad SMARTS) is 1. The molecule has 0 heterocycles. The lowest BCUT2D eigenvalue weighted by atomic mass is 10.0. The Balaban J connectivity index is 4.28. The summed E-state index contributed by atoms with van der Waals surface area (Å²) < 4.78 is 11.1. The van der Waals surface area contributed by atoms with E-state index >= 15 is 0 Å². The molecule has 0 bridgehead atoms. The molecule has 1 unspecified atom stereocenters. The van der Waals surface area contributed by atoms with Gasteiger partial charge >= 0.3 is 5.97 Å². The van der Waals surface area contributed by atoms with E-state index in [9.17, 15) is 4.79 Å². The molecule has 0 aliphatic heterocycles. The normalized spacial score (nSPS) is 15.8. The van der Waals surface area contributed by atoms with Crippen LogP contribution in [0.2, 0.25) is 0 Å². The Kier molecular flexibility index (Phi) is 5.97. The van der Waals surface area contributed by atoms with Crippen LogP contribution in [0.25, 0.3) is 0 Å². The summed E-state index contributed by atoms with van der Waals surface area (Å²) in [6.45, 7) is 10.0. The summed E-state index contributed by atoms with van der Waals surface area (Å²) >= 11 is 0. The highest BCUT2D eigenvalue weighted by Crippen LogP contribution is 2.20. The smallest absolute Gasteiger partial charge is 0.335 e. The minimum atomic E-state index is -1.16. The monoisotopic (exact) mass is 232 g/mol. The lowest BCUT2D eigenvalue weighted by molar-refractivity contribution is -0.173. The van der Waals surface area contributed by atoms with Crippen molar-refractivity contribution in [2.24, 2.45) is 0 Å². The molecule has 1 atom stereocenters. The van der Waals surface area contributed by atoms with E-state index in [2.05, 4.69) is 0 Å². The second-order valence-electron chi connectivity index (χ2n) is 4.76. The first-order valence-electron chi connectivity index (χ1n) is 5.78. The van der Waals surface area contributed by atoms with Crippen molar-refractivity contribution in [2.45, 2.75) is 58.7 Å². The third-order valence-corrected chi connectivity index (χ3v) is 2.66. The number of rotatable bonds is 8. The molecule has 0 rings (SSSR count). The molecule has 4 nitrogen and oxygen atoms in total. The van der Waals surface area contributed by atoms with E-state index in [1.54, 1.807) is 13.8 Å². The lowest BCUT2D eigenvalue weighted by Crippen LogP contribution is -2.42. The molecule has 0 aliphatic carbocycles. The van der Waals surface area contributed by atoms with Crippen LogP contribution < -0.4 is 0 Å². The Morgan fingerprint density at radius 1 is 1.19 bits per heavy atom. The predicted molar refractivity (Wildman–Crippen MR) is 62.6 cm³/mol. The lowest BCUT2D eigenvalue weighted by Gasteiger charge is -2.32. The molecule has 96 valence electrons. The average Bonchev–Trinajstić information content (AvgIpc) is 2.23. The van der Waals surface area contributed by atoms with E-state index < -0.39 is 17.2 Å². The van der Waals surface area contributed by atoms with Gasteiger partial charge in [0.2, 0.25) is 0 Å². The van der Waals surface area contributed by atoms with E-state index in [-0.39, 0.29) is 0 Å². The van der Waals surface area contributed by atoms with Gasteiger partial charge < -0.3 is 14.6 Å². The number of carbonyl (C=O) groups is 1. The maximum Gasteiger partial charge on any atom is 0.335 e. The zero-order valence-corrected chi connectivity index (χ0v) is 11.0. The Labute approximate surface area is 97.9 Å². The molecule has 0 radical (unpaired) electrons. The first kappa shape index (κ1) is 15.4. The average molecular weight is 232 g/mol. The molecule has 0 spiro atoms. The summed E-state index contributed by atoms with van der Waals surface area (Å²) in [4.78, 5) is 10.9. The van der Waals surface area contributed by atoms with Gasteiger partial charge in [-0.1, -0.05) is 13.8 Å². The second-order valence-corrected chi connectivity index (χ2v) is 4.76. The molecular formula is C12H24O4. The topological polar surface area (TPSA) is 55.8 Å². The van der Waals surface area contributed by atoms with Crippen molar-refractivity contribution in [1.29, 1.82) is 0 Å². The van der Waals surface area contributed by atoms with E-state index in [0.717, 1.165) is 12.8 Å². The van der Waals surface area contributed by atoms with Crippen LogP contribution in [0.15, 0.2) is 0 Å². The summed E-state index contributed by atoms with van der Waals surface area (Å²) in [5.41, 5.74) is -1.56. The molecule has 0 saturated carbocycles. The van der Waals surface area contributed by atoms with Crippen molar-refractivity contribution < 1.29 is 19.4 Å². The van der Waals surface area contributed by atoms with Gasteiger partial charge in [0.1, 0.15) is 0 Å². The van der Waals surface area contributed by atoms with Gasteiger partial charge in [0, 0.05) is 6.61 Å². The summed E-state index contributed by atoms with van der Waals surface area (Å²) in [7, 11) is 0. The molecule has 0 aromatic heterocycles. The van der Waals surface area contributed by atoms with Crippen LogP contribution >= 0.6 is 0 Å². The minimum Gasteiger partial charge on any atom is -0.479 e. The highest BCUT2D eigenvalue weighted by molar-refractivity contribution is 5.76. The summed E-state index contributed by atoms with van der Waals surface area (Å²) in [6, 6.07) is 0. The van der Waals surface area contributed by atoms with Crippen LogP contribution in [0.3, 0.4) is 0 Å². The maximum atomic E-state index is 10.9. The third kappa shape index (κ3) is 4.94. The largest absolute Gasteiger partial charge is 0.479 e. The molecule has 0 amide bonds. The van der Waals surface area contributed by atoms with Crippen molar-refractivity contribution >= 4 is 5.97 Å². The van der Waals surface area contributed by atoms with Crippen molar-refractivity contribution in [3.8, 4) is 0 Å². The fourth-order valence-electron chi connectivity index (χ4n) is 0.989. The first-order valence-corrected chi connectivity index (χ1v) is 5.78. The van der Waals surface area contributed by atoms with Crippen molar-refractivity contribution in [1.82, 2.24) is 0 Å². The first-order chi connectivity index (χ1) is 7.27. The van der Waals surface area contributed by atoms with Gasteiger partial charge in [-0.05, 0) is 33.6 Å². The van der Waals surface area contributed by atoms with Crippen molar-refractivity contribution in [2.75, 3.05) is 13.2 Å². The van der Waals surface area contributed by atoms with Crippen LogP contribution in [-0.4, -0.2) is 35.5 Å². The molecule has 16 heavy (non-hydrogen) atoms. The van der Waals surface area contributed by atoms with Gasteiger partial charge in [0.05, 0.1) is 12.2 Å². The molecule has 1 N–H and O–H groups in total. The van der Waals surface area contributed by atoms with Crippen molar-refractivity contribution in [3.63, 3.8) is 0 Å². The standard InChI is InChI=1S/C12H24O4/c1-6-8-15-12(5,7-2)9-16-11(3,4)10(13)14/h6-9H2,1-5H3,(H,13,14). The molecule has 0 fully saturated rings.